The molecule has 0 atom stereocenters. The Kier molecular flexibility index (Phi) is 4.60. The van der Waals surface area contributed by atoms with Crippen molar-refractivity contribution in [3.05, 3.63) is 59.7 Å². The van der Waals surface area contributed by atoms with Crippen LogP contribution in [0.2, 0.25) is 0 Å². The molecule has 1 fully saturated rings. The van der Waals surface area contributed by atoms with Gasteiger partial charge in [-0.25, -0.2) is 8.78 Å². The number of halogens is 2. The van der Waals surface area contributed by atoms with Gasteiger partial charge in [0.25, 0.3) is 0 Å². The number of hydrogen-bond donors (Lipinski definition) is 0. The van der Waals surface area contributed by atoms with Gasteiger partial charge in [0.15, 0.2) is 11.6 Å². The van der Waals surface area contributed by atoms with Crippen LogP contribution in [0.1, 0.15) is 33.3 Å². The van der Waals surface area contributed by atoms with Crippen molar-refractivity contribution in [2.45, 2.75) is 45.5 Å². The molecule has 132 valence electrons. The van der Waals surface area contributed by atoms with Gasteiger partial charge in [0.1, 0.15) is 12.4 Å². The molecule has 25 heavy (non-hydrogen) atoms. The second-order valence-corrected chi connectivity index (χ2v) is 7.16. The molecule has 0 aliphatic carbocycles. The van der Waals surface area contributed by atoms with Crippen molar-refractivity contribution in [2.75, 3.05) is 0 Å². The predicted molar refractivity (Wildman–Crippen MR) is 92.8 cm³/mol. The van der Waals surface area contributed by atoms with E-state index >= 15 is 0 Å². The van der Waals surface area contributed by atoms with E-state index in [4.69, 9.17) is 14.0 Å². The van der Waals surface area contributed by atoms with Crippen LogP contribution in [0.5, 0.6) is 5.75 Å². The minimum Gasteiger partial charge on any atom is -0.486 e. The van der Waals surface area contributed by atoms with Crippen LogP contribution in [0.25, 0.3) is 0 Å². The molecule has 0 unspecified atom stereocenters. The summed E-state index contributed by atoms with van der Waals surface area (Å²) in [5.41, 5.74) is -0.0873. The van der Waals surface area contributed by atoms with Crippen LogP contribution in [-0.2, 0) is 15.9 Å². The molecule has 0 radical (unpaired) electrons. The topological polar surface area (TPSA) is 27.7 Å². The fourth-order valence-corrected chi connectivity index (χ4v) is 2.56. The van der Waals surface area contributed by atoms with Crippen LogP contribution in [0.3, 0.4) is 0 Å². The Hall–Kier alpha value is -1.92. The summed E-state index contributed by atoms with van der Waals surface area (Å²) in [4.78, 5) is 0. The molecule has 1 saturated heterocycles. The van der Waals surface area contributed by atoms with Gasteiger partial charge in [-0.2, -0.15) is 0 Å². The number of para-hydroxylation sites is 1. The first-order valence-corrected chi connectivity index (χ1v) is 8.21. The molecule has 6 heteroatoms. The molecule has 1 aliphatic rings. The summed E-state index contributed by atoms with van der Waals surface area (Å²) >= 11 is 0. The Morgan fingerprint density at radius 2 is 1.56 bits per heavy atom. The number of ether oxygens (including phenoxy) is 1. The third-order valence-electron chi connectivity index (χ3n) is 4.80. The molecule has 2 aromatic carbocycles. The van der Waals surface area contributed by atoms with Gasteiger partial charge in [0, 0.05) is 5.46 Å². The molecule has 2 aromatic rings. The summed E-state index contributed by atoms with van der Waals surface area (Å²) in [6.07, 6.45) is 0. The third kappa shape index (κ3) is 3.55. The van der Waals surface area contributed by atoms with E-state index in [1.807, 2.05) is 27.7 Å². The fourth-order valence-electron chi connectivity index (χ4n) is 2.56. The molecule has 3 nitrogen and oxygen atoms in total. The van der Waals surface area contributed by atoms with Crippen LogP contribution < -0.4 is 10.2 Å². The molecule has 0 saturated carbocycles. The minimum atomic E-state index is -0.793. The second kappa shape index (κ2) is 6.43. The standard InChI is InChI=1S/C19H21BF2O3/c1-18(2)19(3,4)25-20(24-18)14-11-13(9-10-15(14)21)12-23-17-8-6-5-7-16(17)22/h5-11H,12H2,1-4H3. The first-order chi connectivity index (χ1) is 11.7. The summed E-state index contributed by atoms with van der Waals surface area (Å²) in [5.74, 6) is -0.687. The molecule has 0 spiro atoms. The van der Waals surface area contributed by atoms with E-state index in [0.29, 0.717) is 11.0 Å². The lowest BCUT2D eigenvalue weighted by atomic mass is 9.78. The molecular formula is C19H21BF2O3. The van der Waals surface area contributed by atoms with E-state index in [0.717, 1.165) is 0 Å². The van der Waals surface area contributed by atoms with Crippen LogP contribution in [0.15, 0.2) is 42.5 Å². The molecule has 0 aromatic heterocycles. The molecule has 0 amide bonds. The highest BCUT2D eigenvalue weighted by molar-refractivity contribution is 6.62. The molecule has 1 aliphatic heterocycles. The highest BCUT2D eigenvalue weighted by atomic mass is 19.1. The zero-order valence-electron chi connectivity index (χ0n) is 14.8. The summed E-state index contributed by atoms with van der Waals surface area (Å²) in [7, 11) is -0.793. The van der Waals surface area contributed by atoms with E-state index in [2.05, 4.69) is 0 Å². The number of benzene rings is 2. The Bertz CT molecular complexity index is 761. The lowest BCUT2D eigenvalue weighted by Crippen LogP contribution is -2.41. The lowest BCUT2D eigenvalue weighted by Gasteiger charge is -2.32. The van der Waals surface area contributed by atoms with Crippen LogP contribution in [0.4, 0.5) is 8.78 Å². The highest BCUT2D eigenvalue weighted by Crippen LogP contribution is 2.36. The first-order valence-electron chi connectivity index (χ1n) is 8.21. The van der Waals surface area contributed by atoms with Crippen LogP contribution >= 0.6 is 0 Å². The fraction of sp³-hybridized carbons (Fsp3) is 0.368. The Balaban J connectivity index is 1.79. The van der Waals surface area contributed by atoms with Crippen molar-refractivity contribution >= 4 is 12.6 Å². The van der Waals surface area contributed by atoms with Crippen molar-refractivity contribution in [3.8, 4) is 5.75 Å². The number of rotatable bonds is 4. The maximum Gasteiger partial charge on any atom is 0.497 e. The maximum absolute atomic E-state index is 14.3. The SMILES string of the molecule is CC1(C)OB(c2cc(COc3ccccc3F)ccc2F)OC1(C)C. The molecule has 0 bridgehead atoms. The minimum absolute atomic E-state index is 0.119. The highest BCUT2D eigenvalue weighted by Gasteiger charge is 2.52. The lowest BCUT2D eigenvalue weighted by molar-refractivity contribution is 0.00578. The molecule has 3 rings (SSSR count). The predicted octanol–water partition coefficient (Wildman–Crippen LogP) is 3.84. The largest absolute Gasteiger partial charge is 0.497 e. The van der Waals surface area contributed by atoms with Gasteiger partial charge < -0.3 is 14.0 Å². The summed E-state index contributed by atoms with van der Waals surface area (Å²) in [6.45, 7) is 7.77. The average Bonchev–Trinajstić information content (AvgIpc) is 2.76. The van der Waals surface area contributed by atoms with Crippen molar-refractivity contribution < 1.29 is 22.8 Å². The van der Waals surface area contributed by atoms with Crippen molar-refractivity contribution in [2.24, 2.45) is 0 Å². The van der Waals surface area contributed by atoms with E-state index in [-0.39, 0.29) is 12.4 Å². The van der Waals surface area contributed by atoms with E-state index in [1.165, 1.54) is 12.1 Å². The van der Waals surface area contributed by atoms with E-state index in [1.54, 1.807) is 30.3 Å². The van der Waals surface area contributed by atoms with Gasteiger partial charge in [0.05, 0.1) is 11.2 Å². The second-order valence-electron chi connectivity index (χ2n) is 7.16. The first kappa shape index (κ1) is 17.9. The van der Waals surface area contributed by atoms with Crippen LogP contribution in [-0.4, -0.2) is 18.3 Å². The molecule has 0 N–H and O–H groups in total. The van der Waals surface area contributed by atoms with Crippen LogP contribution in [0, 0.1) is 11.6 Å². The Morgan fingerprint density at radius 3 is 2.20 bits per heavy atom. The third-order valence-corrected chi connectivity index (χ3v) is 4.80. The zero-order chi connectivity index (χ0) is 18.2. The average molecular weight is 346 g/mol. The molecular weight excluding hydrogens is 325 g/mol. The Morgan fingerprint density at radius 1 is 0.920 bits per heavy atom. The summed E-state index contributed by atoms with van der Waals surface area (Å²) in [5, 5.41) is 0. The van der Waals surface area contributed by atoms with Gasteiger partial charge >= 0.3 is 7.12 Å². The zero-order valence-corrected chi connectivity index (χ0v) is 14.8. The smallest absolute Gasteiger partial charge is 0.486 e. The van der Waals surface area contributed by atoms with E-state index in [9.17, 15) is 8.78 Å². The van der Waals surface area contributed by atoms with Gasteiger partial charge in [-0.1, -0.05) is 24.3 Å². The van der Waals surface area contributed by atoms with E-state index < -0.39 is 30.0 Å². The Labute approximate surface area is 147 Å². The normalized spacial score (nSPS) is 18.4. The monoisotopic (exact) mass is 346 g/mol. The van der Waals surface area contributed by atoms with Gasteiger partial charge in [-0.15, -0.1) is 0 Å². The number of hydrogen-bond acceptors (Lipinski definition) is 3. The van der Waals surface area contributed by atoms with Crippen molar-refractivity contribution in [1.82, 2.24) is 0 Å². The summed E-state index contributed by atoms with van der Waals surface area (Å²) < 4.78 is 45.2. The van der Waals surface area contributed by atoms with Crippen molar-refractivity contribution in [3.63, 3.8) is 0 Å². The molecule has 1 heterocycles. The van der Waals surface area contributed by atoms with Gasteiger partial charge in [-0.05, 0) is 51.5 Å². The summed E-state index contributed by atoms with van der Waals surface area (Å²) in [6, 6.07) is 10.8. The maximum atomic E-state index is 14.3. The van der Waals surface area contributed by atoms with Gasteiger partial charge in [0.2, 0.25) is 0 Å². The quantitative estimate of drug-likeness (QED) is 0.788. The van der Waals surface area contributed by atoms with Gasteiger partial charge in [-0.3, -0.25) is 0 Å². The van der Waals surface area contributed by atoms with Crippen molar-refractivity contribution in [1.29, 1.82) is 0 Å².